The number of likely N-dealkylation sites (N-methyl/N-ethyl adjacent to an activating group) is 1. The lowest BCUT2D eigenvalue weighted by Crippen LogP contribution is -2.51. The molecule has 1 N–H and O–H groups in total. The quantitative estimate of drug-likeness (QED) is 0.315. The highest BCUT2D eigenvalue weighted by Crippen LogP contribution is 2.30. The van der Waals surface area contributed by atoms with Crippen molar-refractivity contribution < 1.29 is 19.2 Å². The molecule has 0 spiro atoms. The van der Waals surface area contributed by atoms with Gasteiger partial charge in [-0.2, -0.15) is 0 Å². The monoisotopic (exact) mass is 556 g/mol. The Kier molecular flexibility index (Phi) is 10.9. The first-order valence-electron chi connectivity index (χ1n) is 14.3. The van der Waals surface area contributed by atoms with E-state index < -0.39 is 12.0 Å². The van der Waals surface area contributed by atoms with Gasteiger partial charge in [0.15, 0.2) is 6.04 Å². The summed E-state index contributed by atoms with van der Waals surface area (Å²) in [5, 5.41) is 7.45. The summed E-state index contributed by atoms with van der Waals surface area (Å²) in [4.78, 5) is 37.5. The van der Waals surface area contributed by atoms with Crippen molar-refractivity contribution in [2.45, 2.75) is 38.8 Å². The summed E-state index contributed by atoms with van der Waals surface area (Å²) in [6.07, 6.45) is 0.457. The third-order valence-electron chi connectivity index (χ3n) is 7.47. The van der Waals surface area contributed by atoms with E-state index in [0.29, 0.717) is 25.2 Å². The molecule has 0 unspecified atom stereocenters. The van der Waals surface area contributed by atoms with Gasteiger partial charge in [0.2, 0.25) is 11.8 Å². The topological polar surface area (TPSA) is 83.5 Å². The second-order valence-corrected chi connectivity index (χ2v) is 9.96. The van der Waals surface area contributed by atoms with Crippen molar-refractivity contribution in [1.82, 2.24) is 15.1 Å². The summed E-state index contributed by atoms with van der Waals surface area (Å²) in [7, 11) is 1.62. The molecule has 3 aromatic carbocycles. The van der Waals surface area contributed by atoms with Crippen LogP contribution in [-0.4, -0.2) is 73.2 Å². The standard InChI is InChI=1S/C33H40N4O4/c1-4-36(5-2)23-21-34-32(38)31-29(35-41-24-25-16-18-28(40-3)19-17-25)20-22-37(31)33(39)30(26-12-8-6-9-13-26)27-14-10-7-11-15-27/h6-19,30-31H,4-5,20-24H2,1-3H3,(H,34,38)/t31-/m0/s1. The maximum Gasteiger partial charge on any atom is 0.248 e. The summed E-state index contributed by atoms with van der Waals surface area (Å²) in [5.74, 6) is -0.151. The molecule has 4 rings (SSSR count). The first kappa shape index (κ1) is 29.8. The van der Waals surface area contributed by atoms with E-state index in [9.17, 15) is 9.59 Å². The SMILES string of the molecule is CCN(CC)CCNC(=O)[C@@H]1C(=NOCc2ccc(OC)cc2)CCN1C(=O)C(c1ccccc1)c1ccccc1. The molecule has 41 heavy (non-hydrogen) atoms. The molecule has 1 atom stereocenters. The molecule has 0 aromatic heterocycles. The van der Waals surface area contributed by atoms with Crippen LogP contribution in [0.15, 0.2) is 90.1 Å². The van der Waals surface area contributed by atoms with Gasteiger partial charge in [-0.3, -0.25) is 9.59 Å². The fourth-order valence-corrected chi connectivity index (χ4v) is 5.13. The number of hydrogen-bond acceptors (Lipinski definition) is 6. The Morgan fingerprint density at radius 2 is 1.56 bits per heavy atom. The Morgan fingerprint density at radius 3 is 2.12 bits per heavy atom. The first-order valence-corrected chi connectivity index (χ1v) is 14.3. The second-order valence-electron chi connectivity index (χ2n) is 9.96. The third kappa shape index (κ3) is 7.73. The van der Waals surface area contributed by atoms with Gasteiger partial charge < -0.3 is 24.7 Å². The highest BCUT2D eigenvalue weighted by atomic mass is 16.6. The maximum atomic E-state index is 14.3. The van der Waals surface area contributed by atoms with E-state index in [4.69, 9.17) is 9.57 Å². The maximum absolute atomic E-state index is 14.3. The summed E-state index contributed by atoms with van der Waals surface area (Å²) < 4.78 is 5.22. The van der Waals surface area contributed by atoms with Gasteiger partial charge in [-0.05, 0) is 41.9 Å². The van der Waals surface area contributed by atoms with Gasteiger partial charge in [0, 0.05) is 26.1 Å². The predicted octanol–water partition coefficient (Wildman–Crippen LogP) is 4.46. The van der Waals surface area contributed by atoms with Crippen LogP contribution in [-0.2, 0) is 21.0 Å². The number of carbonyl (C=O) groups excluding carboxylic acids is 2. The Hall–Kier alpha value is -4.17. The molecule has 1 heterocycles. The molecular weight excluding hydrogens is 516 g/mol. The average molecular weight is 557 g/mol. The number of oxime groups is 1. The second kappa shape index (κ2) is 15.0. The van der Waals surface area contributed by atoms with Gasteiger partial charge in [0.25, 0.3) is 0 Å². The molecule has 0 aliphatic carbocycles. The van der Waals surface area contributed by atoms with Crippen LogP contribution in [0.25, 0.3) is 0 Å². The number of rotatable bonds is 13. The lowest BCUT2D eigenvalue weighted by Gasteiger charge is -2.29. The number of carbonyl (C=O) groups is 2. The number of nitrogens with one attached hydrogen (secondary N) is 1. The number of hydrogen-bond donors (Lipinski definition) is 1. The number of likely N-dealkylation sites (tertiary alicyclic amines) is 1. The number of benzene rings is 3. The lowest BCUT2D eigenvalue weighted by atomic mass is 9.89. The number of methoxy groups -OCH3 is 1. The van der Waals surface area contributed by atoms with Gasteiger partial charge >= 0.3 is 0 Å². The molecule has 8 heteroatoms. The van der Waals surface area contributed by atoms with E-state index in [0.717, 1.165) is 42.1 Å². The van der Waals surface area contributed by atoms with Gasteiger partial charge in [0.05, 0.1) is 18.7 Å². The Morgan fingerprint density at radius 1 is 0.951 bits per heavy atom. The summed E-state index contributed by atoms with van der Waals surface area (Å²) in [5.41, 5.74) is 3.23. The van der Waals surface area contributed by atoms with Crippen LogP contribution in [0.2, 0.25) is 0 Å². The van der Waals surface area contributed by atoms with Crippen molar-refractivity contribution >= 4 is 17.5 Å². The van der Waals surface area contributed by atoms with Crippen LogP contribution < -0.4 is 10.1 Å². The number of ether oxygens (including phenoxy) is 1. The minimum absolute atomic E-state index is 0.133. The highest BCUT2D eigenvalue weighted by Gasteiger charge is 2.42. The molecule has 1 aliphatic heterocycles. The zero-order valence-corrected chi connectivity index (χ0v) is 24.2. The Balaban J connectivity index is 1.58. The van der Waals surface area contributed by atoms with Crippen molar-refractivity contribution in [1.29, 1.82) is 0 Å². The van der Waals surface area contributed by atoms with E-state index in [2.05, 4.69) is 29.2 Å². The smallest absolute Gasteiger partial charge is 0.248 e. The molecule has 216 valence electrons. The summed E-state index contributed by atoms with van der Waals surface area (Å²) >= 11 is 0. The van der Waals surface area contributed by atoms with Crippen molar-refractivity contribution in [2.24, 2.45) is 5.16 Å². The normalized spacial score (nSPS) is 15.9. The molecule has 8 nitrogen and oxygen atoms in total. The lowest BCUT2D eigenvalue weighted by molar-refractivity contribution is -0.137. The van der Waals surface area contributed by atoms with Crippen molar-refractivity contribution in [3.63, 3.8) is 0 Å². The van der Waals surface area contributed by atoms with Crippen LogP contribution in [0.3, 0.4) is 0 Å². The molecule has 0 saturated carbocycles. The van der Waals surface area contributed by atoms with Gasteiger partial charge in [0.1, 0.15) is 12.4 Å². The van der Waals surface area contributed by atoms with E-state index >= 15 is 0 Å². The molecular formula is C33H40N4O4. The van der Waals surface area contributed by atoms with Crippen molar-refractivity contribution in [3.8, 4) is 5.75 Å². The van der Waals surface area contributed by atoms with E-state index in [-0.39, 0.29) is 18.4 Å². The minimum Gasteiger partial charge on any atom is -0.497 e. The zero-order chi connectivity index (χ0) is 29.0. The van der Waals surface area contributed by atoms with Crippen LogP contribution in [0.5, 0.6) is 5.75 Å². The van der Waals surface area contributed by atoms with Gasteiger partial charge in [-0.15, -0.1) is 0 Å². The largest absolute Gasteiger partial charge is 0.497 e. The number of amides is 2. The summed E-state index contributed by atoms with van der Waals surface area (Å²) in [6, 6.07) is 26.1. The van der Waals surface area contributed by atoms with E-state index in [1.807, 2.05) is 84.9 Å². The number of nitrogens with zero attached hydrogens (tertiary/aromatic N) is 3. The zero-order valence-electron chi connectivity index (χ0n) is 24.2. The minimum atomic E-state index is -0.843. The third-order valence-corrected chi connectivity index (χ3v) is 7.47. The molecule has 1 saturated heterocycles. The fraction of sp³-hybridized carbons (Fsp3) is 0.364. The first-order chi connectivity index (χ1) is 20.0. The van der Waals surface area contributed by atoms with Crippen LogP contribution >= 0.6 is 0 Å². The predicted molar refractivity (Wildman–Crippen MR) is 161 cm³/mol. The Bertz CT molecular complexity index is 1240. The van der Waals surface area contributed by atoms with Gasteiger partial charge in [-0.25, -0.2) is 0 Å². The van der Waals surface area contributed by atoms with Crippen molar-refractivity contribution in [2.75, 3.05) is 39.8 Å². The van der Waals surface area contributed by atoms with Crippen molar-refractivity contribution in [3.05, 3.63) is 102 Å². The van der Waals surface area contributed by atoms with E-state index in [1.54, 1.807) is 12.0 Å². The fourth-order valence-electron chi connectivity index (χ4n) is 5.13. The molecule has 1 fully saturated rings. The highest BCUT2D eigenvalue weighted by molar-refractivity contribution is 6.12. The summed E-state index contributed by atoms with van der Waals surface area (Å²) in [6.45, 7) is 7.85. The van der Waals surface area contributed by atoms with Crippen LogP contribution in [0, 0.1) is 0 Å². The van der Waals surface area contributed by atoms with Crippen LogP contribution in [0.1, 0.15) is 42.9 Å². The van der Waals surface area contributed by atoms with Crippen LogP contribution in [0.4, 0.5) is 0 Å². The average Bonchev–Trinajstić information content (AvgIpc) is 3.45. The molecule has 2 amide bonds. The molecule has 0 bridgehead atoms. The van der Waals surface area contributed by atoms with Gasteiger partial charge in [-0.1, -0.05) is 91.8 Å². The van der Waals surface area contributed by atoms with E-state index in [1.165, 1.54) is 0 Å². The molecule has 0 radical (unpaired) electrons. The molecule has 1 aliphatic rings. The Labute approximate surface area is 242 Å². The molecule has 3 aromatic rings.